The number of benzene rings is 2. The van der Waals surface area contributed by atoms with Crippen molar-refractivity contribution in [1.82, 2.24) is 14.9 Å². The van der Waals surface area contributed by atoms with Gasteiger partial charge < -0.3 is 14.0 Å². The highest BCUT2D eigenvalue weighted by Crippen LogP contribution is 2.35. The van der Waals surface area contributed by atoms with E-state index in [1.807, 2.05) is 25.5 Å². The molecule has 0 spiro atoms. The topological polar surface area (TPSA) is 48.3 Å². The van der Waals surface area contributed by atoms with Gasteiger partial charge in [0.25, 0.3) is 0 Å². The van der Waals surface area contributed by atoms with Crippen molar-refractivity contribution in [3.05, 3.63) is 77.4 Å². The second-order valence-electron chi connectivity index (χ2n) is 7.03. The highest BCUT2D eigenvalue weighted by atomic mass is 16.5. The van der Waals surface area contributed by atoms with Crippen LogP contribution >= 0.6 is 0 Å². The van der Waals surface area contributed by atoms with Crippen molar-refractivity contribution in [3.63, 3.8) is 0 Å². The largest absolute Gasteiger partial charge is 0.496 e. The van der Waals surface area contributed by atoms with Crippen LogP contribution in [0.25, 0.3) is 0 Å². The molecule has 0 saturated carbocycles. The molecule has 3 aromatic rings. The minimum absolute atomic E-state index is 0.0102. The van der Waals surface area contributed by atoms with E-state index in [0.29, 0.717) is 6.54 Å². The van der Waals surface area contributed by atoms with Crippen molar-refractivity contribution in [1.29, 1.82) is 0 Å². The van der Waals surface area contributed by atoms with Crippen molar-refractivity contribution in [3.8, 4) is 11.5 Å². The van der Waals surface area contributed by atoms with Crippen LogP contribution in [0.3, 0.4) is 0 Å². The Balaban J connectivity index is 1.62. The summed E-state index contributed by atoms with van der Waals surface area (Å²) in [4.78, 5) is 4.56. The Kier molecular flexibility index (Phi) is 4.86. The van der Waals surface area contributed by atoms with Crippen molar-refractivity contribution in [2.24, 2.45) is 7.05 Å². The third-order valence-corrected chi connectivity index (χ3v) is 5.05. The summed E-state index contributed by atoms with van der Waals surface area (Å²) >= 11 is 0. The average Bonchev–Trinajstić information content (AvgIpc) is 3.26. The predicted octanol–water partition coefficient (Wildman–Crippen LogP) is 3.63. The third-order valence-electron chi connectivity index (χ3n) is 5.05. The molecule has 2 aromatic carbocycles. The minimum Gasteiger partial charge on any atom is -0.496 e. The number of aromatic nitrogens is 2. The molecule has 0 saturated heterocycles. The number of fused-ring (bicyclic) bond motifs is 1. The van der Waals surface area contributed by atoms with Crippen molar-refractivity contribution in [2.75, 3.05) is 7.11 Å². The summed E-state index contributed by atoms with van der Waals surface area (Å²) in [6.45, 7) is 2.75. The standard InChI is InChI=1S/C22H25N3O2/c1-15-11-17-12-19(26-3)18(13-20(17)27-15)14-24-21(16-7-5-4-6-8-16)22-23-9-10-25(22)2/h4-10,12-13,15,21,24H,11,14H2,1-3H3/t15-,21+/m1/s1. The Morgan fingerprint density at radius 1 is 1.30 bits per heavy atom. The first-order valence-electron chi connectivity index (χ1n) is 9.27. The van der Waals surface area contributed by atoms with E-state index in [2.05, 4.69) is 58.2 Å². The van der Waals surface area contributed by atoms with Gasteiger partial charge in [-0.25, -0.2) is 4.98 Å². The highest BCUT2D eigenvalue weighted by Gasteiger charge is 2.23. The maximum absolute atomic E-state index is 5.93. The van der Waals surface area contributed by atoms with E-state index >= 15 is 0 Å². The van der Waals surface area contributed by atoms with Crippen LogP contribution < -0.4 is 14.8 Å². The zero-order valence-electron chi connectivity index (χ0n) is 16.0. The Morgan fingerprint density at radius 3 is 2.81 bits per heavy atom. The second-order valence-corrected chi connectivity index (χ2v) is 7.03. The summed E-state index contributed by atoms with van der Waals surface area (Å²) in [5.41, 5.74) is 3.48. The first-order valence-corrected chi connectivity index (χ1v) is 9.27. The number of nitrogens with zero attached hydrogens (tertiary/aromatic N) is 2. The minimum atomic E-state index is -0.0102. The molecule has 0 radical (unpaired) electrons. The van der Waals surface area contributed by atoms with Gasteiger partial charge in [-0.15, -0.1) is 0 Å². The average molecular weight is 363 g/mol. The summed E-state index contributed by atoms with van der Waals surface area (Å²) in [6.07, 6.45) is 4.95. The Morgan fingerprint density at radius 2 is 2.11 bits per heavy atom. The number of rotatable bonds is 6. The van der Waals surface area contributed by atoms with E-state index in [9.17, 15) is 0 Å². The fourth-order valence-corrected chi connectivity index (χ4v) is 3.68. The lowest BCUT2D eigenvalue weighted by Crippen LogP contribution is -2.25. The fraction of sp³-hybridized carbons (Fsp3) is 0.318. The van der Waals surface area contributed by atoms with Gasteiger partial charge in [0.05, 0.1) is 13.2 Å². The molecule has 2 heterocycles. The summed E-state index contributed by atoms with van der Waals surface area (Å²) in [6, 6.07) is 14.6. The quantitative estimate of drug-likeness (QED) is 0.727. The van der Waals surface area contributed by atoms with Crippen molar-refractivity contribution >= 4 is 0 Å². The van der Waals surface area contributed by atoms with E-state index < -0.39 is 0 Å². The highest BCUT2D eigenvalue weighted by molar-refractivity contribution is 5.48. The lowest BCUT2D eigenvalue weighted by molar-refractivity contribution is 0.254. The third kappa shape index (κ3) is 3.55. The molecule has 1 aliphatic heterocycles. The molecule has 140 valence electrons. The summed E-state index contributed by atoms with van der Waals surface area (Å²) in [7, 11) is 3.74. The number of ether oxygens (including phenoxy) is 2. The van der Waals surface area contributed by atoms with Gasteiger partial charge in [0, 0.05) is 43.5 Å². The number of aryl methyl sites for hydroxylation is 1. The summed E-state index contributed by atoms with van der Waals surface area (Å²) in [5.74, 6) is 2.84. The molecule has 4 rings (SSSR count). The molecule has 1 N–H and O–H groups in total. The molecule has 2 atom stereocenters. The zero-order valence-corrected chi connectivity index (χ0v) is 16.0. The van der Waals surface area contributed by atoms with Gasteiger partial charge in [0.2, 0.25) is 0 Å². The van der Waals surface area contributed by atoms with Crippen LogP contribution in [0, 0.1) is 0 Å². The number of hydrogen-bond acceptors (Lipinski definition) is 4. The molecule has 27 heavy (non-hydrogen) atoms. The van der Waals surface area contributed by atoms with Gasteiger partial charge in [0.1, 0.15) is 23.4 Å². The van der Waals surface area contributed by atoms with Gasteiger partial charge in [-0.2, -0.15) is 0 Å². The number of nitrogens with one attached hydrogen (secondary N) is 1. The lowest BCUT2D eigenvalue weighted by atomic mass is 10.0. The van der Waals surface area contributed by atoms with Crippen molar-refractivity contribution < 1.29 is 9.47 Å². The van der Waals surface area contributed by atoms with Gasteiger partial charge in [-0.3, -0.25) is 5.32 Å². The van der Waals surface area contributed by atoms with Crippen LogP contribution in [0.2, 0.25) is 0 Å². The molecule has 1 aliphatic rings. The molecule has 0 amide bonds. The lowest BCUT2D eigenvalue weighted by Gasteiger charge is -2.20. The van der Waals surface area contributed by atoms with Gasteiger partial charge in [0.15, 0.2) is 0 Å². The van der Waals surface area contributed by atoms with Crippen LogP contribution in [-0.4, -0.2) is 22.8 Å². The molecule has 5 nitrogen and oxygen atoms in total. The van der Waals surface area contributed by atoms with E-state index in [4.69, 9.17) is 9.47 Å². The Hall–Kier alpha value is -2.79. The van der Waals surface area contributed by atoms with Gasteiger partial charge in [-0.1, -0.05) is 30.3 Å². The van der Waals surface area contributed by atoms with E-state index in [1.54, 1.807) is 7.11 Å². The molecule has 5 heteroatoms. The zero-order chi connectivity index (χ0) is 18.8. The molecular weight excluding hydrogens is 338 g/mol. The molecule has 0 fully saturated rings. The van der Waals surface area contributed by atoms with Gasteiger partial charge >= 0.3 is 0 Å². The van der Waals surface area contributed by atoms with Crippen molar-refractivity contribution in [2.45, 2.75) is 32.0 Å². The number of methoxy groups -OCH3 is 1. The monoisotopic (exact) mass is 363 g/mol. The predicted molar refractivity (Wildman–Crippen MR) is 105 cm³/mol. The Bertz CT molecular complexity index is 921. The normalized spacial score (nSPS) is 16.6. The summed E-state index contributed by atoms with van der Waals surface area (Å²) in [5, 5.41) is 3.65. The first-order chi connectivity index (χ1) is 13.2. The number of hydrogen-bond donors (Lipinski definition) is 1. The maximum atomic E-state index is 5.93. The maximum Gasteiger partial charge on any atom is 0.130 e. The first kappa shape index (κ1) is 17.6. The molecule has 0 aliphatic carbocycles. The Labute approximate surface area is 160 Å². The number of imidazole rings is 1. The van der Waals surface area contributed by atoms with Crippen LogP contribution in [-0.2, 0) is 20.0 Å². The van der Waals surface area contributed by atoms with Crippen LogP contribution in [0.5, 0.6) is 11.5 Å². The van der Waals surface area contributed by atoms with E-state index in [-0.39, 0.29) is 12.1 Å². The fourth-order valence-electron chi connectivity index (χ4n) is 3.68. The van der Waals surface area contributed by atoms with E-state index in [0.717, 1.165) is 29.3 Å². The smallest absolute Gasteiger partial charge is 0.130 e. The molecular formula is C22H25N3O2. The summed E-state index contributed by atoms with van der Waals surface area (Å²) < 4.78 is 13.6. The second kappa shape index (κ2) is 7.45. The van der Waals surface area contributed by atoms with Crippen LogP contribution in [0.1, 0.15) is 35.5 Å². The molecule has 0 unspecified atom stereocenters. The van der Waals surface area contributed by atoms with Gasteiger partial charge in [-0.05, 0) is 24.6 Å². The van der Waals surface area contributed by atoms with Crippen LogP contribution in [0.4, 0.5) is 0 Å². The van der Waals surface area contributed by atoms with E-state index in [1.165, 1.54) is 11.1 Å². The molecule has 1 aromatic heterocycles. The van der Waals surface area contributed by atoms with Crippen LogP contribution in [0.15, 0.2) is 54.9 Å². The molecule has 0 bridgehead atoms. The SMILES string of the molecule is COc1cc2c(cc1CN[C@@H](c1ccccc1)c1nccn1C)O[C@H](C)C2.